The fourth-order valence-electron chi connectivity index (χ4n) is 5.16. The van der Waals surface area contributed by atoms with Gasteiger partial charge >= 0.3 is 0 Å². The van der Waals surface area contributed by atoms with Crippen LogP contribution in [0, 0.1) is 19.7 Å². The molecule has 0 unspecified atom stereocenters. The number of carbonyl (C=O) groups excluding carboxylic acids is 2. The number of anilines is 1. The zero-order valence-corrected chi connectivity index (χ0v) is 24.7. The van der Waals surface area contributed by atoms with Crippen molar-refractivity contribution in [1.82, 2.24) is 24.8 Å². The van der Waals surface area contributed by atoms with Gasteiger partial charge in [-0.05, 0) is 80.9 Å². The van der Waals surface area contributed by atoms with E-state index in [0.29, 0.717) is 22.4 Å². The highest BCUT2D eigenvalue weighted by Crippen LogP contribution is 2.28. The summed E-state index contributed by atoms with van der Waals surface area (Å²) in [5.74, 6) is -1.03. The number of nitrogens with one attached hydrogen (secondary N) is 3. The van der Waals surface area contributed by atoms with E-state index in [0.717, 1.165) is 27.7 Å². The zero-order chi connectivity index (χ0) is 30.8. The number of likely N-dealkylation sites (N-methyl/N-ethyl adjacent to an activating group) is 1. The van der Waals surface area contributed by atoms with E-state index in [-0.39, 0.29) is 24.1 Å². The van der Waals surface area contributed by atoms with Crippen LogP contribution in [-0.4, -0.2) is 46.1 Å². The van der Waals surface area contributed by atoms with Crippen molar-refractivity contribution in [2.24, 2.45) is 0 Å². The number of hydrogen-bond donors (Lipinski definition) is 3. The topological polar surface area (TPSA) is 110 Å². The summed E-state index contributed by atoms with van der Waals surface area (Å²) in [6.07, 6.45) is 3.50. The Balaban J connectivity index is 1.63. The Hall–Kier alpha value is -5.09. The molecule has 0 aliphatic rings. The number of benzene rings is 3. The Morgan fingerprint density at radius 3 is 2.53 bits per heavy atom. The highest BCUT2D eigenvalue weighted by Gasteiger charge is 2.20. The minimum absolute atomic E-state index is 0.0961. The van der Waals surface area contributed by atoms with Crippen molar-refractivity contribution < 1.29 is 14.0 Å². The minimum atomic E-state index is -0.536. The molecule has 0 aliphatic carbocycles. The Morgan fingerprint density at radius 2 is 1.79 bits per heavy atom. The number of aromatic nitrogens is 3. The van der Waals surface area contributed by atoms with Gasteiger partial charge in [-0.1, -0.05) is 24.3 Å². The third-order valence-corrected chi connectivity index (χ3v) is 7.70. The Bertz CT molecular complexity index is 1930. The van der Waals surface area contributed by atoms with Crippen LogP contribution in [0.3, 0.4) is 0 Å². The lowest BCUT2D eigenvalue weighted by Gasteiger charge is -2.18. The van der Waals surface area contributed by atoms with Gasteiger partial charge in [0.05, 0.1) is 30.0 Å². The van der Waals surface area contributed by atoms with E-state index in [9.17, 15) is 18.8 Å². The largest absolute Gasteiger partial charge is 0.355 e. The molecule has 2 amide bonds. The fourth-order valence-corrected chi connectivity index (χ4v) is 5.16. The SMILES string of the molecule is CNC(=O)c1cccc(-c2cnc(NC(=O)[C@H](C)NC)c(=O)n2Cc2cccc(-n3cc(C)c4cc(F)ccc43)c2)c1C. The first-order valence-corrected chi connectivity index (χ1v) is 13.9. The van der Waals surface area contributed by atoms with Gasteiger partial charge in [-0.15, -0.1) is 0 Å². The van der Waals surface area contributed by atoms with Gasteiger partial charge in [0.15, 0.2) is 5.82 Å². The second kappa shape index (κ2) is 12.0. The number of nitrogens with zero attached hydrogens (tertiary/aromatic N) is 3. The molecule has 0 fully saturated rings. The molecule has 3 aromatic carbocycles. The molecule has 5 rings (SSSR count). The summed E-state index contributed by atoms with van der Waals surface area (Å²) in [5, 5.41) is 8.97. The molecule has 0 bridgehead atoms. The van der Waals surface area contributed by atoms with Gasteiger partial charge in [0.2, 0.25) is 5.91 Å². The molecule has 0 saturated heterocycles. The average molecular weight is 581 g/mol. The Morgan fingerprint density at radius 1 is 1.02 bits per heavy atom. The van der Waals surface area contributed by atoms with Crippen LogP contribution in [0.25, 0.3) is 27.8 Å². The maximum Gasteiger partial charge on any atom is 0.294 e. The summed E-state index contributed by atoms with van der Waals surface area (Å²) in [6.45, 7) is 5.60. The van der Waals surface area contributed by atoms with Crippen LogP contribution in [-0.2, 0) is 11.3 Å². The van der Waals surface area contributed by atoms with E-state index in [2.05, 4.69) is 20.9 Å². The molecule has 5 aromatic rings. The molecule has 1 atom stereocenters. The Kier molecular flexibility index (Phi) is 8.22. The van der Waals surface area contributed by atoms with Crippen molar-refractivity contribution in [3.63, 3.8) is 0 Å². The van der Waals surface area contributed by atoms with Crippen LogP contribution >= 0.6 is 0 Å². The van der Waals surface area contributed by atoms with E-state index in [4.69, 9.17) is 0 Å². The first-order valence-electron chi connectivity index (χ1n) is 13.9. The van der Waals surface area contributed by atoms with Crippen LogP contribution < -0.4 is 21.5 Å². The van der Waals surface area contributed by atoms with Gasteiger partial charge in [0.1, 0.15) is 5.82 Å². The third-order valence-electron chi connectivity index (χ3n) is 7.70. The second-order valence-corrected chi connectivity index (χ2v) is 10.5. The molecule has 10 heteroatoms. The van der Waals surface area contributed by atoms with Gasteiger partial charge in [-0.25, -0.2) is 9.37 Å². The molecule has 2 aromatic heterocycles. The van der Waals surface area contributed by atoms with Crippen molar-refractivity contribution in [3.8, 4) is 16.9 Å². The number of halogens is 1. The van der Waals surface area contributed by atoms with Crippen molar-refractivity contribution in [2.45, 2.75) is 33.4 Å². The summed E-state index contributed by atoms with van der Waals surface area (Å²) in [7, 11) is 3.22. The molecule has 0 spiro atoms. The highest BCUT2D eigenvalue weighted by molar-refractivity contribution is 5.97. The third kappa shape index (κ3) is 5.69. The predicted octanol–water partition coefficient (Wildman–Crippen LogP) is 4.56. The molecule has 9 nitrogen and oxygen atoms in total. The van der Waals surface area contributed by atoms with Crippen molar-refractivity contribution >= 4 is 28.5 Å². The lowest BCUT2D eigenvalue weighted by atomic mass is 9.99. The highest BCUT2D eigenvalue weighted by atomic mass is 19.1. The summed E-state index contributed by atoms with van der Waals surface area (Å²) < 4.78 is 17.5. The van der Waals surface area contributed by atoms with Crippen LogP contribution in [0.5, 0.6) is 0 Å². The first kappa shape index (κ1) is 29.4. The van der Waals surface area contributed by atoms with Crippen LogP contribution in [0.1, 0.15) is 34.0 Å². The average Bonchev–Trinajstić information content (AvgIpc) is 3.34. The summed E-state index contributed by atoms with van der Waals surface area (Å²) in [5.41, 5.74) is 5.31. The molecule has 2 heterocycles. The van der Waals surface area contributed by atoms with E-state index < -0.39 is 17.5 Å². The number of rotatable bonds is 8. The van der Waals surface area contributed by atoms with Gasteiger partial charge in [0, 0.05) is 35.4 Å². The predicted molar refractivity (Wildman–Crippen MR) is 166 cm³/mol. The van der Waals surface area contributed by atoms with Crippen molar-refractivity contribution in [1.29, 1.82) is 0 Å². The molecular weight excluding hydrogens is 547 g/mol. The number of aryl methyl sites for hydroxylation is 1. The number of amides is 2. The van der Waals surface area contributed by atoms with Gasteiger partial charge in [0.25, 0.3) is 11.5 Å². The molecular formula is C33H33FN6O3. The smallest absolute Gasteiger partial charge is 0.294 e. The van der Waals surface area contributed by atoms with Crippen LogP contribution in [0.15, 0.2) is 77.9 Å². The quantitative estimate of drug-likeness (QED) is 0.249. The molecule has 0 aliphatic heterocycles. The normalized spacial score (nSPS) is 11.9. The zero-order valence-electron chi connectivity index (χ0n) is 24.7. The maximum absolute atomic E-state index is 13.9. The Labute approximate surface area is 248 Å². The number of hydrogen-bond acceptors (Lipinski definition) is 5. The van der Waals surface area contributed by atoms with Gasteiger partial charge < -0.3 is 20.5 Å². The molecule has 220 valence electrons. The van der Waals surface area contributed by atoms with Gasteiger partial charge in [-0.2, -0.15) is 0 Å². The summed E-state index contributed by atoms with van der Waals surface area (Å²) >= 11 is 0. The van der Waals surface area contributed by atoms with Crippen LogP contribution in [0.2, 0.25) is 0 Å². The van der Waals surface area contributed by atoms with Crippen LogP contribution in [0.4, 0.5) is 10.2 Å². The summed E-state index contributed by atoms with van der Waals surface area (Å²) in [6, 6.07) is 17.2. The minimum Gasteiger partial charge on any atom is -0.355 e. The maximum atomic E-state index is 13.9. The van der Waals surface area contributed by atoms with Gasteiger partial charge in [-0.3, -0.25) is 19.0 Å². The van der Waals surface area contributed by atoms with E-state index >= 15 is 0 Å². The standard InChI is InChI=1S/C33H33FN6O3/c1-19-17-39(28-13-12-23(34)15-27(19)28)24-9-6-8-22(14-24)18-40-29(25-10-7-11-26(20(25)2)32(42)36-5)16-37-30(33(40)43)38-31(41)21(3)35-4/h6-17,21,35H,18H2,1-5H3,(H,36,42)(H,37,38,41)/t21-/m0/s1. The molecule has 3 N–H and O–H groups in total. The summed E-state index contributed by atoms with van der Waals surface area (Å²) in [4.78, 5) is 43.4. The first-order chi connectivity index (χ1) is 20.6. The number of fused-ring (bicyclic) bond motifs is 1. The fraction of sp³-hybridized carbons (Fsp3) is 0.212. The lowest BCUT2D eigenvalue weighted by Crippen LogP contribution is -2.38. The van der Waals surface area contributed by atoms with E-state index in [1.54, 1.807) is 43.8 Å². The lowest BCUT2D eigenvalue weighted by molar-refractivity contribution is -0.117. The van der Waals surface area contributed by atoms with E-state index in [1.165, 1.54) is 18.3 Å². The monoisotopic (exact) mass is 580 g/mol. The van der Waals surface area contributed by atoms with Crippen molar-refractivity contribution in [3.05, 3.63) is 111 Å². The molecule has 43 heavy (non-hydrogen) atoms. The second-order valence-electron chi connectivity index (χ2n) is 10.5. The molecule has 0 radical (unpaired) electrons. The number of carbonyl (C=O) groups is 2. The van der Waals surface area contributed by atoms with Crippen molar-refractivity contribution in [2.75, 3.05) is 19.4 Å². The van der Waals surface area contributed by atoms with E-state index in [1.807, 2.05) is 54.9 Å². The molecule has 0 saturated carbocycles.